The van der Waals surface area contributed by atoms with E-state index in [1.165, 1.54) is 18.2 Å². The maximum absolute atomic E-state index is 12.8. The van der Waals surface area contributed by atoms with Crippen molar-refractivity contribution in [3.63, 3.8) is 0 Å². The number of benzene rings is 2. The first-order chi connectivity index (χ1) is 13.5. The molecule has 1 saturated carbocycles. The van der Waals surface area contributed by atoms with Gasteiger partial charge in [0.15, 0.2) is 11.5 Å². The fourth-order valence-corrected chi connectivity index (χ4v) is 5.16. The van der Waals surface area contributed by atoms with Gasteiger partial charge in [-0.2, -0.15) is 0 Å². The minimum Gasteiger partial charge on any atom is -0.505 e. The quantitative estimate of drug-likeness (QED) is 0.397. The zero-order valence-electron chi connectivity index (χ0n) is 15.1. The number of phenolic OH excluding ortho intramolecular Hbond substituents is 2. The molecule has 1 aliphatic rings. The van der Waals surface area contributed by atoms with Gasteiger partial charge < -0.3 is 20.6 Å². The van der Waals surface area contributed by atoms with Crippen LogP contribution in [0, 0.1) is 6.92 Å². The lowest BCUT2D eigenvalue weighted by atomic mass is 9.89. The number of aromatic hydroxyl groups is 2. The van der Waals surface area contributed by atoms with Gasteiger partial charge in [0.05, 0.1) is 22.4 Å². The van der Waals surface area contributed by atoms with Gasteiger partial charge in [0.25, 0.3) is 15.9 Å². The van der Waals surface area contributed by atoms with Gasteiger partial charge in [-0.05, 0) is 49.6 Å². The lowest BCUT2D eigenvalue weighted by molar-refractivity contribution is 0.0562. The van der Waals surface area contributed by atoms with Crippen LogP contribution in [0.5, 0.6) is 11.5 Å². The first-order valence-corrected chi connectivity index (χ1v) is 11.2. The third kappa shape index (κ3) is 4.61. The molecular weight excluding hydrogens is 488 g/mol. The molecule has 1 fully saturated rings. The fourth-order valence-electron chi connectivity index (χ4n) is 2.95. The number of hydrogen-bond donors (Lipinski definition) is 5. The third-order valence-electron chi connectivity index (χ3n) is 4.47. The van der Waals surface area contributed by atoms with Gasteiger partial charge in [-0.15, -0.1) is 0 Å². The van der Waals surface area contributed by atoms with Crippen LogP contribution in [-0.2, 0) is 10.0 Å². The number of rotatable bonds is 5. The van der Waals surface area contributed by atoms with E-state index in [-0.39, 0.29) is 22.3 Å². The number of aliphatic hydroxyl groups is 1. The number of aryl methyl sites for hydroxylation is 1. The maximum Gasteiger partial charge on any atom is 0.265 e. The van der Waals surface area contributed by atoms with Crippen LogP contribution < -0.4 is 10.0 Å². The number of carbonyl (C=O) groups is 1. The second-order valence-electron chi connectivity index (χ2n) is 6.84. The van der Waals surface area contributed by atoms with Crippen molar-refractivity contribution >= 4 is 49.1 Å². The normalized spacial score (nSPS) is 18.8. The van der Waals surface area contributed by atoms with E-state index in [0.29, 0.717) is 22.9 Å². The van der Waals surface area contributed by atoms with Gasteiger partial charge in [0.1, 0.15) is 4.90 Å². The third-order valence-corrected chi connectivity index (χ3v) is 6.60. The Hall–Kier alpha value is -2.01. The van der Waals surface area contributed by atoms with E-state index < -0.39 is 38.4 Å². The SMILES string of the molecule is Cc1cc(NS(=O)(=O)c2cc(Br)cc(Cl)c2O)c(O)c(C(=O)NC2CC(O)C2)c1. The molecule has 0 saturated heterocycles. The topological polar surface area (TPSA) is 136 Å². The van der Waals surface area contributed by atoms with Crippen molar-refractivity contribution in [3.8, 4) is 11.5 Å². The first-order valence-electron chi connectivity index (χ1n) is 8.51. The van der Waals surface area contributed by atoms with Crippen LogP contribution in [0.3, 0.4) is 0 Å². The molecule has 156 valence electrons. The molecular formula is C18H18BrClN2O6S. The lowest BCUT2D eigenvalue weighted by Gasteiger charge is -2.32. The van der Waals surface area contributed by atoms with Crippen molar-refractivity contribution in [3.05, 3.63) is 44.9 Å². The van der Waals surface area contributed by atoms with Crippen LogP contribution in [0.2, 0.25) is 5.02 Å². The van der Waals surface area contributed by atoms with Crippen LogP contribution in [-0.4, -0.2) is 41.8 Å². The number of nitrogens with one attached hydrogen (secondary N) is 2. The largest absolute Gasteiger partial charge is 0.505 e. The smallest absolute Gasteiger partial charge is 0.265 e. The Morgan fingerprint density at radius 1 is 1.17 bits per heavy atom. The summed E-state index contributed by atoms with van der Waals surface area (Å²) in [6.45, 7) is 1.63. The van der Waals surface area contributed by atoms with Crippen molar-refractivity contribution in [2.75, 3.05) is 4.72 Å². The predicted octanol–water partition coefficient (Wildman–Crippen LogP) is 2.88. The highest BCUT2D eigenvalue weighted by molar-refractivity contribution is 9.10. The molecule has 0 aliphatic heterocycles. The molecule has 0 atom stereocenters. The molecule has 0 bridgehead atoms. The Morgan fingerprint density at radius 2 is 1.83 bits per heavy atom. The van der Waals surface area contributed by atoms with E-state index in [9.17, 15) is 28.5 Å². The van der Waals surface area contributed by atoms with Crippen LogP contribution in [0.1, 0.15) is 28.8 Å². The number of sulfonamides is 1. The average Bonchev–Trinajstić information content (AvgIpc) is 2.59. The molecule has 0 unspecified atom stereocenters. The predicted molar refractivity (Wildman–Crippen MR) is 111 cm³/mol. The number of phenols is 2. The van der Waals surface area contributed by atoms with Gasteiger partial charge in [-0.25, -0.2) is 8.42 Å². The zero-order valence-corrected chi connectivity index (χ0v) is 18.3. The number of carbonyl (C=O) groups excluding carboxylic acids is 1. The minimum absolute atomic E-state index is 0.111. The summed E-state index contributed by atoms with van der Waals surface area (Å²) in [6, 6.07) is 5.06. The lowest BCUT2D eigenvalue weighted by Crippen LogP contribution is -2.46. The maximum atomic E-state index is 12.8. The summed E-state index contributed by atoms with van der Waals surface area (Å²) in [6.07, 6.45) is 0.375. The van der Waals surface area contributed by atoms with E-state index in [4.69, 9.17) is 11.6 Å². The van der Waals surface area contributed by atoms with Crippen LogP contribution in [0.25, 0.3) is 0 Å². The van der Waals surface area contributed by atoms with E-state index in [1.807, 2.05) is 0 Å². The minimum atomic E-state index is -4.33. The Balaban J connectivity index is 1.93. The summed E-state index contributed by atoms with van der Waals surface area (Å²) in [5.74, 6) is -1.79. The second kappa shape index (κ2) is 8.02. The van der Waals surface area contributed by atoms with Crippen LogP contribution in [0.15, 0.2) is 33.6 Å². The summed E-state index contributed by atoms with van der Waals surface area (Å²) >= 11 is 8.95. The van der Waals surface area contributed by atoms with Crippen LogP contribution >= 0.6 is 27.5 Å². The van der Waals surface area contributed by atoms with Crippen molar-refractivity contribution in [1.29, 1.82) is 0 Å². The number of aliphatic hydroxyl groups excluding tert-OH is 1. The van der Waals surface area contributed by atoms with E-state index in [0.717, 1.165) is 6.07 Å². The highest BCUT2D eigenvalue weighted by atomic mass is 79.9. The molecule has 0 aromatic heterocycles. The standard InChI is InChI=1S/C18H18BrClN2O6S/c1-8-2-12(18(26)21-10-6-11(23)7-10)16(24)14(3-8)22-29(27,28)15-5-9(19)4-13(20)17(15)25/h2-5,10-11,22-25H,6-7H2,1H3,(H,21,26). The van der Waals surface area contributed by atoms with Gasteiger partial charge in [0.2, 0.25) is 0 Å². The summed E-state index contributed by atoms with van der Waals surface area (Å²) < 4.78 is 28.0. The Bertz CT molecular complexity index is 1090. The Kier molecular flexibility index (Phi) is 6.00. The highest BCUT2D eigenvalue weighted by Crippen LogP contribution is 2.37. The van der Waals surface area contributed by atoms with Gasteiger partial charge >= 0.3 is 0 Å². The fraction of sp³-hybridized carbons (Fsp3) is 0.278. The highest BCUT2D eigenvalue weighted by Gasteiger charge is 2.30. The van der Waals surface area contributed by atoms with Crippen LogP contribution in [0.4, 0.5) is 5.69 Å². The summed E-state index contributed by atoms with van der Waals surface area (Å²) in [7, 11) is -4.33. The molecule has 0 heterocycles. The van der Waals surface area contributed by atoms with Crippen molar-refractivity contribution in [2.45, 2.75) is 36.8 Å². The molecule has 2 aromatic rings. The van der Waals surface area contributed by atoms with E-state index in [1.54, 1.807) is 6.92 Å². The van der Waals surface area contributed by atoms with Crippen molar-refractivity contribution in [2.24, 2.45) is 0 Å². The van der Waals surface area contributed by atoms with E-state index >= 15 is 0 Å². The van der Waals surface area contributed by atoms with E-state index in [2.05, 4.69) is 26.0 Å². The molecule has 29 heavy (non-hydrogen) atoms. The summed E-state index contributed by atoms with van der Waals surface area (Å²) in [4.78, 5) is 12.0. The summed E-state index contributed by atoms with van der Waals surface area (Å²) in [5.41, 5.74) is 0.190. The second-order valence-corrected chi connectivity index (χ2v) is 9.82. The number of hydrogen-bond acceptors (Lipinski definition) is 6. The zero-order chi connectivity index (χ0) is 21.5. The Morgan fingerprint density at radius 3 is 2.45 bits per heavy atom. The van der Waals surface area contributed by atoms with Gasteiger partial charge in [0, 0.05) is 10.5 Å². The molecule has 1 aliphatic carbocycles. The van der Waals surface area contributed by atoms with Gasteiger partial charge in [-0.3, -0.25) is 9.52 Å². The molecule has 1 amide bonds. The van der Waals surface area contributed by atoms with Crippen molar-refractivity contribution in [1.82, 2.24) is 5.32 Å². The number of anilines is 1. The molecule has 8 nitrogen and oxygen atoms in total. The van der Waals surface area contributed by atoms with Gasteiger partial charge in [-0.1, -0.05) is 27.5 Å². The van der Waals surface area contributed by atoms with Crippen molar-refractivity contribution < 1.29 is 28.5 Å². The monoisotopic (exact) mass is 504 g/mol. The molecule has 0 radical (unpaired) electrons. The number of amides is 1. The molecule has 11 heteroatoms. The Labute approximate surface area is 180 Å². The molecule has 3 rings (SSSR count). The first kappa shape index (κ1) is 21.7. The molecule has 5 N–H and O–H groups in total. The average molecular weight is 506 g/mol. The molecule has 2 aromatic carbocycles. The molecule has 0 spiro atoms. The number of halogens is 2. The summed E-state index contributed by atoms with van der Waals surface area (Å²) in [5, 5.41) is 32.4.